The van der Waals surface area contributed by atoms with E-state index in [1.807, 2.05) is 60.8 Å². The summed E-state index contributed by atoms with van der Waals surface area (Å²) in [5.74, 6) is 1.50. The number of nitrogens with zero attached hydrogens (tertiary/aromatic N) is 5. The van der Waals surface area contributed by atoms with Gasteiger partial charge in [-0.15, -0.1) is 21.5 Å². The van der Waals surface area contributed by atoms with E-state index in [-0.39, 0.29) is 0 Å². The number of thiazole rings is 1. The second-order valence-corrected chi connectivity index (χ2v) is 9.24. The average Bonchev–Trinajstić information content (AvgIpc) is 3.46. The van der Waals surface area contributed by atoms with Crippen molar-refractivity contribution in [3.8, 4) is 22.0 Å². The number of halogens is 1. The molecule has 0 amide bonds. The summed E-state index contributed by atoms with van der Waals surface area (Å²) in [5, 5.41) is 13.5. The van der Waals surface area contributed by atoms with Crippen LogP contribution in [-0.4, -0.2) is 24.7 Å². The first-order valence-electron chi connectivity index (χ1n) is 9.97. The van der Waals surface area contributed by atoms with Gasteiger partial charge in [0.25, 0.3) is 0 Å². The first kappa shape index (κ1) is 20.9. The maximum atomic E-state index is 6.33. The molecule has 3 aromatic heterocycles. The van der Waals surface area contributed by atoms with E-state index in [0.29, 0.717) is 17.3 Å². The van der Waals surface area contributed by atoms with Gasteiger partial charge in [-0.2, -0.15) is 0 Å². The van der Waals surface area contributed by atoms with Crippen molar-refractivity contribution in [2.45, 2.75) is 17.5 Å². The SMILES string of the molecule is Clc1ccccc1-c1nc(CSc2nnc(-c3cccnc3)n2Cc2ccccc2)cs1. The molecule has 5 rings (SSSR count). The molecule has 0 bridgehead atoms. The van der Waals surface area contributed by atoms with Crippen molar-refractivity contribution in [2.24, 2.45) is 0 Å². The Morgan fingerprint density at radius 3 is 2.59 bits per heavy atom. The predicted octanol–water partition coefficient (Wildman–Crippen LogP) is 6.46. The molecule has 0 spiro atoms. The lowest BCUT2D eigenvalue weighted by atomic mass is 10.2. The molecule has 8 heteroatoms. The van der Waals surface area contributed by atoms with Crippen molar-refractivity contribution in [2.75, 3.05) is 0 Å². The van der Waals surface area contributed by atoms with Gasteiger partial charge in [-0.1, -0.05) is 71.9 Å². The molecule has 158 valence electrons. The highest BCUT2D eigenvalue weighted by Crippen LogP contribution is 2.32. The smallest absolute Gasteiger partial charge is 0.192 e. The molecule has 0 N–H and O–H groups in total. The fraction of sp³-hybridized carbons (Fsp3) is 0.0833. The Balaban J connectivity index is 1.40. The van der Waals surface area contributed by atoms with E-state index in [0.717, 1.165) is 32.8 Å². The van der Waals surface area contributed by atoms with Gasteiger partial charge >= 0.3 is 0 Å². The average molecular weight is 476 g/mol. The maximum absolute atomic E-state index is 6.33. The number of pyridine rings is 1. The molecule has 0 aliphatic rings. The summed E-state index contributed by atoms with van der Waals surface area (Å²) < 4.78 is 2.14. The van der Waals surface area contributed by atoms with Crippen molar-refractivity contribution in [1.29, 1.82) is 0 Å². The van der Waals surface area contributed by atoms with Crippen LogP contribution in [0.5, 0.6) is 0 Å². The lowest BCUT2D eigenvalue weighted by molar-refractivity contribution is 0.714. The van der Waals surface area contributed by atoms with Gasteiger partial charge in [-0.05, 0) is 23.8 Å². The van der Waals surface area contributed by atoms with Gasteiger partial charge < -0.3 is 0 Å². The molecule has 0 unspecified atom stereocenters. The van der Waals surface area contributed by atoms with Crippen LogP contribution >= 0.6 is 34.7 Å². The molecule has 0 saturated heterocycles. The molecule has 5 nitrogen and oxygen atoms in total. The molecule has 0 saturated carbocycles. The number of aromatic nitrogens is 5. The van der Waals surface area contributed by atoms with E-state index in [4.69, 9.17) is 16.6 Å². The predicted molar refractivity (Wildman–Crippen MR) is 131 cm³/mol. The summed E-state index contributed by atoms with van der Waals surface area (Å²) >= 11 is 9.56. The Kier molecular flexibility index (Phi) is 6.29. The topological polar surface area (TPSA) is 56.5 Å². The van der Waals surface area contributed by atoms with Crippen LogP contribution in [-0.2, 0) is 12.3 Å². The number of benzene rings is 2. The Morgan fingerprint density at radius 2 is 1.78 bits per heavy atom. The highest BCUT2D eigenvalue weighted by atomic mass is 35.5. The molecule has 5 aromatic rings. The lowest BCUT2D eigenvalue weighted by Gasteiger charge is -2.10. The van der Waals surface area contributed by atoms with E-state index < -0.39 is 0 Å². The van der Waals surface area contributed by atoms with Crippen molar-refractivity contribution < 1.29 is 0 Å². The highest BCUT2D eigenvalue weighted by molar-refractivity contribution is 7.98. The second kappa shape index (κ2) is 9.65. The molecule has 0 aliphatic heterocycles. The quantitative estimate of drug-likeness (QED) is 0.253. The first-order chi connectivity index (χ1) is 15.8. The third kappa shape index (κ3) is 4.60. The van der Waals surface area contributed by atoms with Gasteiger partial charge in [0.1, 0.15) is 5.01 Å². The summed E-state index contributed by atoms with van der Waals surface area (Å²) in [6.07, 6.45) is 3.58. The van der Waals surface area contributed by atoms with Crippen LogP contribution in [0.1, 0.15) is 11.3 Å². The van der Waals surface area contributed by atoms with Gasteiger partial charge in [0.15, 0.2) is 11.0 Å². The van der Waals surface area contributed by atoms with Crippen LogP contribution in [0.4, 0.5) is 0 Å². The minimum absolute atomic E-state index is 0.683. The molecule has 32 heavy (non-hydrogen) atoms. The number of thioether (sulfide) groups is 1. The van der Waals surface area contributed by atoms with Crippen molar-refractivity contribution >= 4 is 34.7 Å². The molecule has 0 atom stereocenters. The lowest BCUT2D eigenvalue weighted by Crippen LogP contribution is -2.04. The van der Waals surface area contributed by atoms with E-state index >= 15 is 0 Å². The third-order valence-corrected chi connectivity index (χ3v) is 7.08. The van der Waals surface area contributed by atoms with Gasteiger partial charge in [0.2, 0.25) is 0 Å². The molecule has 0 aliphatic carbocycles. The first-order valence-corrected chi connectivity index (χ1v) is 12.2. The van der Waals surface area contributed by atoms with Crippen molar-refractivity contribution in [1.82, 2.24) is 24.7 Å². The summed E-state index contributed by atoms with van der Waals surface area (Å²) in [6.45, 7) is 0.683. The molecular formula is C24H18ClN5S2. The number of hydrogen-bond donors (Lipinski definition) is 0. The molecule has 0 fully saturated rings. The largest absolute Gasteiger partial charge is 0.297 e. The summed E-state index contributed by atoms with van der Waals surface area (Å²) in [5.41, 5.74) is 4.08. The van der Waals surface area contributed by atoms with Gasteiger partial charge in [0, 0.05) is 34.7 Å². The molecule has 0 radical (unpaired) electrons. The van der Waals surface area contributed by atoms with Crippen LogP contribution in [0.25, 0.3) is 22.0 Å². The Bertz CT molecular complexity index is 1320. The molecule has 2 aromatic carbocycles. The summed E-state index contributed by atoms with van der Waals surface area (Å²) in [7, 11) is 0. The number of rotatable bonds is 7. The van der Waals surface area contributed by atoms with Crippen LogP contribution in [0.3, 0.4) is 0 Å². The Hall–Kier alpha value is -3.00. The fourth-order valence-corrected chi connectivity index (χ4v) is 5.36. The molecular weight excluding hydrogens is 458 g/mol. The highest BCUT2D eigenvalue weighted by Gasteiger charge is 2.16. The van der Waals surface area contributed by atoms with Crippen molar-refractivity contribution in [3.05, 3.63) is 101 Å². The normalized spacial score (nSPS) is 11.0. The number of hydrogen-bond acceptors (Lipinski definition) is 6. The standard InChI is InChI=1S/C24H18ClN5S2/c25-21-11-5-4-10-20(21)23-27-19(15-31-23)16-32-24-29-28-22(18-9-6-12-26-13-18)30(24)14-17-7-2-1-3-8-17/h1-13,15H,14,16H2. The van der Waals surface area contributed by atoms with Gasteiger partial charge in [-0.3, -0.25) is 9.55 Å². The Morgan fingerprint density at radius 1 is 0.938 bits per heavy atom. The summed E-state index contributed by atoms with van der Waals surface area (Å²) in [4.78, 5) is 9.02. The van der Waals surface area contributed by atoms with E-state index in [1.165, 1.54) is 5.56 Å². The van der Waals surface area contributed by atoms with Crippen molar-refractivity contribution in [3.63, 3.8) is 0 Å². The van der Waals surface area contributed by atoms with Gasteiger partial charge in [-0.25, -0.2) is 4.98 Å². The van der Waals surface area contributed by atoms with Crippen LogP contribution in [0, 0.1) is 0 Å². The van der Waals surface area contributed by atoms with Gasteiger partial charge in [0.05, 0.1) is 17.3 Å². The zero-order valence-corrected chi connectivity index (χ0v) is 19.3. The minimum atomic E-state index is 0.683. The van der Waals surface area contributed by atoms with Crippen LogP contribution in [0.2, 0.25) is 5.02 Å². The zero-order chi connectivity index (χ0) is 21.8. The van der Waals surface area contributed by atoms with E-state index in [1.54, 1.807) is 29.3 Å². The summed E-state index contributed by atoms with van der Waals surface area (Å²) in [6, 6.07) is 22.0. The maximum Gasteiger partial charge on any atom is 0.192 e. The zero-order valence-electron chi connectivity index (χ0n) is 16.9. The van der Waals surface area contributed by atoms with Crippen LogP contribution < -0.4 is 0 Å². The third-order valence-electron chi connectivity index (χ3n) is 4.83. The van der Waals surface area contributed by atoms with E-state index in [2.05, 4.69) is 37.3 Å². The van der Waals surface area contributed by atoms with E-state index in [9.17, 15) is 0 Å². The Labute approximate surface area is 199 Å². The second-order valence-electron chi connectivity index (χ2n) is 7.03. The minimum Gasteiger partial charge on any atom is -0.297 e. The monoisotopic (exact) mass is 475 g/mol. The fourth-order valence-electron chi connectivity index (χ4n) is 3.28. The van der Waals surface area contributed by atoms with Crippen LogP contribution in [0.15, 0.2) is 89.7 Å². The molecule has 3 heterocycles.